The molecule has 1 aromatic rings. The fourth-order valence-corrected chi connectivity index (χ4v) is 7.13. The third-order valence-electron chi connectivity index (χ3n) is 8.56. The third kappa shape index (κ3) is 3.30. The van der Waals surface area contributed by atoms with Crippen molar-refractivity contribution in [3.05, 3.63) is 66.7 Å². The number of allylic oxidation sites excluding steroid dienone is 4. The van der Waals surface area contributed by atoms with Crippen LogP contribution in [0.4, 0.5) is 0 Å². The summed E-state index contributed by atoms with van der Waals surface area (Å²) in [7, 11) is 0. The number of hydrogen-bond donors (Lipinski definition) is 0. The van der Waals surface area contributed by atoms with Gasteiger partial charge in [0.1, 0.15) is 24.6 Å². The van der Waals surface area contributed by atoms with E-state index in [1.807, 2.05) is 6.08 Å². The van der Waals surface area contributed by atoms with Gasteiger partial charge in [0.2, 0.25) is 0 Å². The van der Waals surface area contributed by atoms with Crippen molar-refractivity contribution in [2.24, 2.45) is 41.4 Å². The van der Waals surface area contributed by atoms with Gasteiger partial charge in [0.05, 0.1) is 6.08 Å². The summed E-state index contributed by atoms with van der Waals surface area (Å²) in [5, 5.41) is 0. The molecule has 0 spiro atoms. The molecule has 3 aliphatic heterocycles. The number of ether oxygens (including phenoxy) is 3. The van der Waals surface area contributed by atoms with Gasteiger partial charge in [0.15, 0.2) is 5.78 Å². The zero-order valence-corrected chi connectivity index (χ0v) is 18.7. The fourth-order valence-electron chi connectivity index (χ4n) is 7.13. The van der Waals surface area contributed by atoms with E-state index in [1.54, 1.807) is 6.08 Å². The molecule has 1 aromatic carbocycles. The smallest absolute Gasteiger partial charge is 0.283 e. The van der Waals surface area contributed by atoms with E-state index in [0.717, 1.165) is 18.1 Å². The van der Waals surface area contributed by atoms with E-state index in [1.165, 1.54) is 24.8 Å². The summed E-state index contributed by atoms with van der Waals surface area (Å²) in [5.41, 5.74) is 1.19. The SMILES string of the molecule is C=C[C@H]1C=C[C@H]2[C@@H]3C[C@H](C)CC[C@H]3[C@@H]3Oc4ccc(cc4)C[C@@H]4CO/C(=C/C(=O)[C@@H]1[C@H]23)O4. The van der Waals surface area contributed by atoms with Crippen LogP contribution in [-0.2, 0) is 20.7 Å². The number of carbonyl (C=O) groups excluding carboxylic acids is 1. The number of hydrogen-bond acceptors (Lipinski definition) is 4. The molecule has 3 aliphatic carbocycles. The molecule has 168 valence electrons. The summed E-state index contributed by atoms with van der Waals surface area (Å²) in [5.74, 6) is 3.42. The first-order valence-electron chi connectivity index (χ1n) is 12.2. The van der Waals surface area contributed by atoms with Gasteiger partial charge in [-0.1, -0.05) is 43.7 Å². The number of carbonyl (C=O) groups is 1. The first-order chi connectivity index (χ1) is 15.6. The molecule has 32 heavy (non-hydrogen) atoms. The zero-order chi connectivity index (χ0) is 21.8. The normalized spacial score (nSPS) is 43.6. The summed E-state index contributed by atoms with van der Waals surface area (Å²) in [6.45, 7) is 6.91. The lowest BCUT2D eigenvalue weighted by Crippen LogP contribution is -2.42. The number of benzene rings is 1. The lowest BCUT2D eigenvalue weighted by molar-refractivity contribution is -0.123. The van der Waals surface area contributed by atoms with Crippen LogP contribution in [0.15, 0.2) is 61.1 Å². The van der Waals surface area contributed by atoms with Crippen LogP contribution in [0.5, 0.6) is 5.75 Å². The molecule has 3 fully saturated rings. The van der Waals surface area contributed by atoms with Crippen molar-refractivity contribution in [3.63, 3.8) is 0 Å². The molecule has 0 unspecified atom stereocenters. The highest BCUT2D eigenvalue weighted by atomic mass is 16.7. The zero-order valence-electron chi connectivity index (χ0n) is 18.7. The third-order valence-corrected chi connectivity index (χ3v) is 8.56. The quantitative estimate of drug-likeness (QED) is 0.579. The molecule has 6 aliphatic rings. The van der Waals surface area contributed by atoms with Gasteiger partial charge in [-0.15, -0.1) is 6.58 Å². The summed E-state index contributed by atoms with van der Waals surface area (Å²) in [4.78, 5) is 13.7. The van der Waals surface area contributed by atoms with E-state index >= 15 is 0 Å². The molecular weight excluding hydrogens is 400 g/mol. The average molecular weight is 433 g/mol. The van der Waals surface area contributed by atoms with Gasteiger partial charge in [-0.2, -0.15) is 0 Å². The summed E-state index contributed by atoms with van der Waals surface area (Å²) >= 11 is 0. The second-order valence-electron chi connectivity index (χ2n) is 10.5. The minimum Gasteiger partial charge on any atom is -0.490 e. The van der Waals surface area contributed by atoms with Crippen LogP contribution < -0.4 is 4.74 Å². The number of rotatable bonds is 1. The van der Waals surface area contributed by atoms with Crippen molar-refractivity contribution in [1.82, 2.24) is 0 Å². The van der Waals surface area contributed by atoms with Crippen molar-refractivity contribution in [2.45, 2.75) is 44.8 Å². The van der Waals surface area contributed by atoms with Crippen molar-refractivity contribution >= 4 is 5.78 Å². The van der Waals surface area contributed by atoms with Gasteiger partial charge in [0, 0.05) is 24.2 Å². The Labute approximate surface area is 190 Å². The van der Waals surface area contributed by atoms with Gasteiger partial charge >= 0.3 is 0 Å². The minimum absolute atomic E-state index is 0.00300. The topological polar surface area (TPSA) is 44.8 Å². The molecule has 4 bridgehead atoms. The Hall–Kier alpha value is -2.49. The van der Waals surface area contributed by atoms with E-state index in [0.29, 0.717) is 30.3 Å². The second kappa shape index (κ2) is 7.83. The molecule has 4 nitrogen and oxygen atoms in total. The number of ketones is 1. The highest BCUT2D eigenvalue weighted by Crippen LogP contribution is 2.57. The van der Waals surface area contributed by atoms with Crippen molar-refractivity contribution in [1.29, 1.82) is 0 Å². The first kappa shape index (κ1) is 20.1. The Kier molecular flexibility index (Phi) is 4.93. The van der Waals surface area contributed by atoms with E-state index in [-0.39, 0.29) is 35.7 Å². The van der Waals surface area contributed by atoms with E-state index in [4.69, 9.17) is 14.2 Å². The van der Waals surface area contributed by atoms with Crippen LogP contribution in [0.2, 0.25) is 0 Å². The van der Waals surface area contributed by atoms with Gasteiger partial charge in [0.25, 0.3) is 5.95 Å². The summed E-state index contributed by atoms with van der Waals surface area (Å²) in [6.07, 6.45) is 12.4. The van der Waals surface area contributed by atoms with Crippen molar-refractivity contribution < 1.29 is 19.0 Å². The van der Waals surface area contributed by atoms with E-state index < -0.39 is 0 Å². The van der Waals surface area contributed by atoms with Crippen LogP contribution in [0.25, 0.3) is 0 Å². The maximum Gasteiger partial charge on any atom is 0.283 e. The molecule has 2 saturated carbocycles. The Morgan fingerprint density at radius 1 is 1.06 bits per heavy atom. The van der Waals surface area contributed by atoms with Crippen LogP contribution >= 0.6 is 0 Å². The predicted octanol–water partition coefficient (Wildman–Crippen LogP) is 5.10. The standard InChI is InChI=1S/C28H32O4/c1-3-18-7-11-21-23-12-16(2)4-10-22(23)28-27(21)26(18)24(29)14-25-30-15-20(31-25)13-17-5-8-19(32-28)9-6-17/h3,5-9,11,14,16,18,20-23,26-28H,1,4,10,12-13,15H2,2H3/b25-14-/t16-,18+,20-,21+,22-,23+,26-,27+,28+/m1/s1. The van der Waals surface area contributed by atoms with Crippen LogP contribution in [-0.4, -0.2) is 24.6 Å². The lowest BCUT2D eigenvalue weighted by Gasteiger charge is -2.37. The summed E-state index contributed by atoms with van der Waals surface area (Å²) in [6, 6.07) is 8.44. The van der Waals surface area contributed by atoms with E-state index in [2.05, 4.69) is 49.9 Å². The largest absolute Gasteiger partial charge is 0.490 e. The maximum atomic E-state index is 13.7. The first-order valence-corrected chi connectivity index (χ1v) is 12.2. The molecule has 0 N–H and O–H groups in total. The summed E-state index contributed by atoms with van der Waals surface area (Å²) < 4.78 is 18.6. The fraction of sp³-hybridized carbons (Fsp3) is 0.536. The monoisotopic (exact) mass is 432 g/mol. The highest BCUT2D eigenvalue weighted by Gasteiger charge is 2.57. The molecule has 7 rings (SSSR count). The molecule has 3 heterocycles. The average Bonchev–Trinajstić information content (AvgIpc) is 3.35. The van der Waals surface area contributed by atoms with Gasteiger partial charge in [-0.3, -0.25) is 4.79 Å². The molecule has 0 radical (unpaired) electrons. The maximum absolute atomic E-state index is 13.7. The molecule has 9 atom stereocenters. The molecule has 4 heteroatoms. The van der Waals surface area contributed by atoms with Crippen LogP contribution in [0, 0.1) is 41.4 Å². The number of fused-ring (bicyclic) bond motifs is 5. The highest BCUT2D eigenvalue weighted by molar-refractivity contribution is 5.93. The van der Waals surface area contributed by atoms with Gasteiger partial charge in [-0.25, -0.2) is 0 Å². The predicted molar refractivity (Wildman–Crippen MR) is 122 cm³/mol. The van der Waals surface area contributed by atoms with Crippen LogP contribution in [0.1, 0.15) is 31.7 Å². The Bertz CT molecular complexity index is 960. The molecular formula is C28H32O4. The van der Waals surface area contributed by atoms with E-state index in [9.17, 15) is 4.79 Å². The Morgan fingerprint density at radius 2 is 1.91 bits per heavy atom. The lowest BCUT2D eigenvalue weighted by atomic mass is 9.67. The second-order valence-corrected chi connectivity index (χ2v) is 10.5. The minimum atomic E-state index is -0.200. The van der Waals surface area contributed by atoms with Gasteiger partial charge in [-0.05, 0) is 54.2 Å². The Balaban J connectivity index is 1.46. The van der Waals surface area contributed by atoms with Crippen molar-refractivity contribution in [3.8, 4) is 5.75 Å². The molecule has 0 aromatic heterocycles. The van der Waals surface area contributed by atoms with Gasteiger partial charge < -0.3 is 14.2 Å². The molecule has 0 amide bonds. The van der Waals surface area contributed by atoms with Crippen LogP contribution in [0.3, 0.4) is 0 Å². The molecule has 1 saturated heterocycles. The van der Waals surface area contributed by atoms with Crippen molar-refractivity contribution in [2.75, 3.05) is 6.61 Å². The Morgan fingerprint density at radius 3 is 2.72 bits per heavy atom.